The van der Waals surface area contributed by atoms with E-state index in [2.05, 4.69) is 18.8 Å². The number of aliphatic hydroxyl groups is 2. The van der Waals surface area contributed by atoms with E-state index in [0.29, 0.717) is 18.1 Å². The summed E-state index contributed by atoms with van der Waals surface area (Å²) in [5.41, 5.74) is 0.863. The Kier molecular flexibility index (Phi) is 4.90. The maximum atomic E-state index is 12.6. The summed E-state index contributed by atoms with van der Waals surface area (Å²) in [6, 6.07) is 7.54. The van der Waals surface area contributed by atoms with Gasteiger partial charge in [0.1, 0.15) is 11.1 Å². The molecule has 0 bridgehead atoms. The van der Waals surface area contributed by atoms with Crippen LogP contribution in [0.4, 0.5) is 0 Å². The number of hydrogen-bond donors (Lipinski definition) is 2. The van der Waals surface area contributed by atoms with Gasteiger partial charge in [0.2, 0.25) is 0 Å². The topological polar surface area (TPSA) is 73.7 Å². The number of likely N-dealkylation sites (tertiary alicyclic amines) is 1. The minimum atomic E-state index is -1.47. The highest BCUT2D eigenvalue weighted by molar-refractivity contribution is 7.18. The summed E-state index contributed by atoms with van der Waals surface area (Å²) in [5.74, 6) is -0.402. The van der Waals surface area contributed by atoms with Crippen molar-refractivity contribution >= 4 is 27.5 Å². The van der Waals surface area contributed by atoms with Crippen molar-refractivity contribution in [1.82, 2.24) is 9.88 Å². The molecule has 1 fully saturated rings. The molecule has 130 valence electrons. The van der Waals surface area contributed by atoms with E-state index in [1.165, 1.54) is 11.3 Å². The van der Waals surface area contributed by atoms with Gasteiger partial charge in [-0.15, -0.1) is 11.3 Å². The van der Waals surface area contributed by atoms with Gasteiger partial charge in [0.15, 0.2) is 6.10 Å². The number of thiazole rings is 1. The zero-order valence-electron chi connectivity index (χ0n) is 14.1. The lowest BCUT2D eigenvalue weighted by molar-refractivity contribution is -0.149. The predicted octanol–water partition coefficient (Wildman–Crippen LogP) is 2.73. The SMILES string of the molecule is CCC1(C)CCCN(C(=O)C(O)C(O)c2nc3ccccc3s2)C1. The quantitative estimate of drug-likeness (QED) is 0.891. The number of fused-ring (bicyclic) bond motifs is 1. The van der Waals surface area contributed by atoms with E-state index in [9.17, 15) is 15.0 Å². The maximum absolute atomic E-state index is 12.6. The number of aliphatic hydroxyl groups excluding tert-OH is 2. The Morgan fingerprint density at radius 3 is 2.88 bits per heavy atom. The number of para-hydroxylation sites is 1. The van der Waals surface area contributed by atoms with Crippen LogP contribution in [0.1, 0.15) is 44.2 Å². The van der Waals surface area contributed by atoms with Crippen LogP contribution in [-0.4, -0.2) is 45.2 Å². The number of carbonyl (C=O) groups excluding carboxylic acids is 1. The third-order valence-corrected chi connectivity index (χ3v) is 6.17. The van der Waals surface area contributed by atoms with Crippen LogP contribution in [0.15, 0.2) is 24.3 Å². The molecule has 0 saturated carbocycles. The number of aromatic nitrogens is 1. The van der Waals surface area contributed by atoms with Crippen molar-refractivity contribution in [3.05, 3.63) is 29.3 Å². The summed E-state index contributed by atoms with van der Waals surface area (Å²) in [6.45, 7) is 5.56. The summed E-state index contributed by atoms with van der Waals surface area (Å²) in [7, 11) is 0. The fourth-order valence-electron chi connectivity index (χ4n) is 3.27. The van der Waals surface area contributed by atoms with Crippen LogP contribution in [0.5, 0.6) is 0 Å². The van der Waals surface area contributed by atoms with E-state index in [1.807, 2.05) is 24.3 Å². The second-order valence-corrected chi connectivity index (χ2v) is 8.00. The van der Waals surface area contributed by atoms with Gasteiger partial charge in [-0.2, -0.15) is 0 Å². The molecule has 1 aromatic carbocycles. The molecule has 2 N–H and O–H groups in total. The van der Waals surface area contributed by atoms with Gasteiger partial charge in [0, 0.05) is 13.1 Å². The summed E-state index contributed by atoms with van der Waals surface area (Å²) in [4.78, 5) is 18.7. The second-order valence-electron chi connectivity index (χ2n) is 6.94. The summed E-state index contributed by atoms with van der Waals surface area (Å²) in [5, 5.41) is 21.2. The number of amides is 1. The molecule has 3 rings (SSSR count). The Bertz CT molecular complexity index is 699. The fraction of sp³-hybridized carbons (Fsp3) is 0.556. The van der Waals surface area contributed by atoms with E-state index in [-0.39, 0.29) is 5.41 Å². The number of nitrogens with zero attached hydrogens (tertiary/aromatic N) is 2. The number of benzene rings is 1. The van der Waals surface area contributed by atoms with Gasteiger partial charge < -0.3 is 15.1 Å². The Balaban J connectivity index is 1.74. The first-order valence-electron chi connectivity index (χ1n) is 8.44. The van der Waals surface area contributed by atoms with Crippen LogP contribution < -0.4 is 0 Å². The Morgan fingerprint density at radius 1 is 1.42 bits per heavy atom. The summed E-state index contributed by atoms with van der Waals surface area (Å²) < 4.78 is 0.933. The fourth-order valence-corrected chi connectivity index (χ4v) is 4.25. The Labute approximate surface area is 145 Å². The van der Waals surface area contributed by atoms with Crippen LogP contribution in [0.2, 0.25) is 0 Å². The molecule has 2 heterocycles. The molecule has 1 saturated heterocycles. The Morgan fingerprint density at radius 2 is 2.17 bits per heavy atom. The normalized spacial score (nSPS) is 24.1. The lowest BCUT2D eigenvalue weighted by Gasteiger charge is -2.41. The molecule has 0 spiro atoms. The van der Waals surface area contributed by atoms with E-state index >= 15 is 0 Å². The molecule has 1 aromatic heterocycles. The molecule has 24 heavy (non-hydrogen) atoms. The monoisotopic (exact) mass is 348 g/mol. The zero-order valence-corrected chi connectivity index (χ0v) is 14.9. The third-order valence-electron chi connectivity index (χ3n) is 5.06. The van der Waals surface area contributed by atoms with E-state index < -0.39 is 18.1 Å². The highest BCUT2D eigenvalue weighted by Crippen LogP contribution is 2.34. The molecule has 1 aliphatic rings. The molecule has 0 radical (unpaired) electrons. The summed E-state index contributed by atoms with van der Waals surface area (Å²) in [6.07, 6.45) is 0.256. The maximum Gasteiger partial charge on any atom is 0.254 e. The molecule has 0 aliphatic carbocycles. The van der Waals surface area contributed by atoms with Crippen molar-refractivity contribution < 1.29 is 15.0 Å². The Hall–Kier alpha value is -1.50. The van der Waals surface area contributed by atoms with Crippen LogP contribution in [0.3, 0.4) is 0 Å². The van der Waals surface area contributed by atoms with Crippen molar-refractivity contribution in [3.8, 4) is 0 Å². The van der Waals surface area contributed by atoms with Gasteiger partial charge in [-0.05, 0) is 36.8 Å². The van der Waals surface area contributed by atoms with Crippen LogP contribution in [0, 0.1) is 5.41 Å². The number of piperidine rings is 1. The van der Waals surface area contributed by atoms with E-state index in [1.54, 1.807) is 4.90 Å². The largest absolute Gasteiger partial charge is 0.383 e. The molecule has 1 aliphatic heterocycles. The molecule has 3 unspecified atom stereocenters. The van der Waals surface area contributed by atoms with Crippen molar-refractivity contribution in [1.29, 1.82) is 0 Å². The molecule has 5 nitrogen and oxygen atoms in total. The molecular weight excluding hydrogens is 324 g/mol. The number of carbonyl (C=O) groups is 1. The van der Waals surface area contributed by atoms with Gasteiger partial charge in [-0.3, -0.25) is 4.79 Å². The van der Waals surface area contributed by atoms with Gasteiger partial charge >= 0.3 is 0 Å². The van der Waals surface area contributed by atoms with Gasteiger partial charge in [-0.25, -0.2) is 4.98 Å². The van der Waals surface area contributed by atoms with E-state index in [4.69, 9.17) is 0 Å². The highest BCUT2D eigenvalue weighted by Gasteiger charge is 2.37. The standard InChI is InChI=1S/C18H24N2O3S/c1-3-18(2)9-6-10-20(11-18)17(23)15(22)14(21)16-19-12-7-4-5-8-13(12)24-16/h4-5,7-8,14-15,21-22H,3,6,9-11H2,1-2H3. The van der Waals surface area contributed by atoms with Gasteiger partial charge in [0.25, 0.3) is 5.91 Å². The molecule has 1 amide bonds. The first kappa shape index (κ1) is 17.3. The highest BCUT2D eigenvalue weighted by atomic mass is 32.1. The first-order valence-corrected chi connectivity index (χ1v) is 9.25. The smallest absolute Gasteiger partial charge is 0.254 e. The van der Waals surface area contributed by atoms with Crippen LogP contribution >= 0.6 is 11.3 Å². The minimum absolute atomic E-state index is 0.0917. The zero-order chi connectivity index (χ0) is 17.3. The molecule has 2 aromatic rings. The number of hydrogen-bond acceptors (Lipinski definition) is 5. The summed E-state index contributed by atoms with van der Waals surface area (Å²) >= 11 is 1.31. The average molecular weight is 348 g/mol. The predicted molar refractivity (Wildman–Crippen MR) is 94.8 cm³/mol. The minimum Gasteiger partial charge on any atom is -0.383 e. The van der Waals surface area contributed by atoms with Crippen LogP contribution in [0.25, 0.3) is 10.2 Å². The lowest BCUT2D eigenvalue weighted by Crippen LogP contribution is -2.49. The molecule has 3 atom stereocenters. The van der Waals surface area contributed by atoms with E-state index in [0.717, 1.165) is 29.5 Å². The van der Waals surface area contributed by atoms with Crippen LogP contribution in [-0.2, 0) is 4.79 Å². The number of rotatable bonds is 4. The molecular formula is C18H24N2O3S. The second kappa shape index (κ2) is 6.78. The average Bonchev–Trinajstić information content (AvgIpc) is 3.04. The lowest BCUT2D eigenvalue weighted by atomic mass is 9.79. The van der Waals surface area contributed by atoms with Crippen molar-refractivity contribution in [3.63, 3.8) is 0 Å². The van der Waals surface area contributed by atoms with Crippen molar-refractivity contribution in [2.45, 2.75) is 45.3 Å². The van der Waals surface area contributed by atoms with Gasteiger partial charge in [-0.1, -0.05) is 26.0 Å². The van der Waals surface area contributed by atoms with Gasteiger partial charge in [0.05, 0.1) is 10.2 Å². The molecule has 6 heteroatoms. The third kappa shape index (κ3) is 3.31. The first-order chi connectivity index (χ1) is 11.4. The van der Waals surface area contributed by atoms with Crippen molar-refractivity contribution in [2.24, 2.45) is 5.41 Å². The van der Waals surface area contributed by atoms with Crippen molar-refractivity contribution in [2.75, 3.05) is 13.1 Å².